The number of amides is 2. The summed E-state index contributed by atoms with van der Waals surface area (Å²) in [6.45, 7) is 0. The fourth-order valence-electron chi connectivity index (χ4n) is 2.91. The van der Waals surface area contributed by atoms with Crippen LogP contribution in [0.5, 0.6) is 0 Å². The number of nitrogens with zero attached hydrogens (tertiary/aromatic N) is 4. The molecule has 0 aliphatic heterocycles. The van der Waals surface area contributed by atoms with Crippen molar-refractivity contribution in [3.63, 3.8) is 0 Å². The fourth-order valence-corrected chi connectivity index (χ4v) is 3.47. The van der Waals surface area contributed by atoms with Gasteiger partial charge in [0.1, 0.15) is 11.7 Å². The van der Waals surface area contributed by atoms with Gasteiger partial charge in [-0.15, -0.1) is 0 Å². The normalized spacial score (nSPS) is 11.9. The van der Waals surface area contributed by atoms with E-state index in [0.29, 0.717) is 22.4 Å². The highest BCUT2D eigenvalue weighted by molar-refractivity contribution is 6.99. The van der Waals surface area contributed by atoms with Crippen molar-refractivity contribution >= 4 is 40.4 Å². The molecule has 0 bridgehead atoms. The number of fused-ring (bicyclic) bond motifs is 1. The van der Waals surface area contributed by atoms with Gasteiger partial charge in [0.05, 0.1) is 23.7 Å². The number of aromatic nitrogens is 4. The number of hydrogen-bond donors (Lipinski definition) is 2. The summed E-state index contributed by atoms with van der Waals surface area (Å²) in [7, 11) is 0. The van der Waals surface area contributed by atoms with Gasteiger partial charge < -0.3 is 15.5 Å². The highest BCUT2D eigenvalue weighted by atomic mass is 32.1. The average molecular weight is 422 g/mol. The van der Waals surface area contributed by atoms with E-state index in [2.05, 4.69) is 24.0 Å². The Kier molecular flexibility index (Phi) is 5.26. The van der Waals surface area contributed by atoms with E-state index in [4.69, 9.17) is 10.2 Å². The second-order valence-corrected chi connectivity index (χ2v) is 6.78. The van der Waals surface area contributed by atoms with Crippen molar-refractivity contribution in [2.45, 2.75) is 12.5 Å². The number of ketones is 1. The number of nitrogens with one attached hydrogen (secondary N) is 1. The molecular weight excluding hydrogens is 408 g/mol. The molecule has 0 aromatic carbocycles. The van der Waals surface area contributed by atoms with E-state index in [1.54, 1.807) is 42.7 Å². The number of rotatable bonds is 7. The number of carbonyl (C=O) groups is 3. The quantitative estimate of drug-likeness (QED) is 0.420. The Balaban J connectivity index is 1.62. The van der Waals surface area contributed by atoms with Crippen molar-refractivity contribution in [3.8, 4) is 11.4 Å². The van der Waals surface area contributed by atoms with Gasteiger partial charge in [0.15, 0.2) is 5.69 Å². The van der Waals surface area contributed by atoms with E-state index in [0.717, 1.165) is 11.7 Å². The molecule has 0 spiro atoms. The predicted octanol–water partition coefficient (Wildman–Crippen LogP) is 1.14. The van der Waals surface area contributed by atoms with Crippen molar-refractivity contribution in [1.29, 1.82) is 0 Å². The van der Waals surface area contributed by atoms with Crippen LogP contribution in [0.3, 0.4) is 0 Å². The van der Waals surface area contributed by atoms with Crippen molar-refractivity contribution in [3.05, 3.63) is 60.2 Å². The largest absolute Gasteiger partial charge is 0.446 e. The van der Waals surface area contributed by atoms with Gasteiger partial charge in [-0.25, -0.2) is 4.98 Å². The molecule has 2 amide bonds. The maximum Gasteiger partial charge on any atom is 0.287 e. The van der Waals surface area contributed by atoms with Crippen molar-refractivity contribution in [2.75, 3.05) is 0 Å². The van der Waals surface area contributed by atoms with Gasteiger partial charge in [0.25, 0.3) is 11.8 Å². The van der Waals surface area contributed by atoms with Gasteiger partial charge in [-0.05, 0) is 24.3 Å². The topological polar surface area (TPSA) is 154 Å². The van der Waals surface area contributed by atoms with Crippen LogP contribution >= 0.6 is 11.7 Å². The summed E-state index contributed by atoms with van der Waals surface area (Å²) in [6.07, 6.45) is 4.54. The highest BCUT2D eigenvalue weighted by Crippen LogP contribution is 2.22. The molecule has 0 saturated heterocycles. The molecule has 30 heavy (non-hydrogen) atoms. The molecule has 1 unspecified atom stereocenters. The van der Waals surface area contributed by atoms with Crippen LogP contribution in [0.4, 0.5) is 0 Å². The lowest BCUT2D eigenvalue weighted by Gasteiger charge is -2.15. The zero-order valence-corrected chi connectivity index (χ0v) is 16.1. The molecule has 4 aromatic rings. The summed E-state index contributed by atoms with van der Waals surface area (Å²) in [5, 5.41) is 3.20. The van der Waals surface area contributed by atoms with Crippen LogP contribution in [0.2, 0.25) is 0 Å². The maximum absolute atomic E-state index is 12.9. The van der Waals surface area contributed by atoms with Crippen LogP contribution in [0.1, 0.15) is 16.1 Å². The van der Waals surface area contributed by atoms with Crippen LogP contribution in [0, 0.1) is 0 Å². The number of furan rings is 1. The van der Waals surface area contributed by atoms with Crippen molar-refractivity contribution in [2.24, 2.45) is 5.73 Å². The third-order valence-electron chi connectivity index (χ3n) is 4.33. The van der Waals surface area contributed by atoms with Crippen molar-refractivity contribution < 1.29 is 18.8 Å². The Bertz CT molecular complexity index is 1240. The van der Waals surface area contributed by atoms with Gasteiger partial charge in [-0.1, -0.05) is 6.07 Å². The molecule has 4 heterocycles. The standard InChI is InChI=1S/C19H14N6O4S/c20-17(27)16(26)13(8-10-9-29-19-11(10)4-3-7-22-19)23-18(28)15-14(24-30-25-15)12-5-1-2-6-21-12/h1-7,9,13H,8H2,(H2,20,27)(H,23,28). The summed E-state index contributed by atoms with van der Waals surface area (Å²) in [6, 6.07) is 7.43. The Morgan fingerprint density at radius 1 is 1.10 bits per heavy atom. The molecular formula is C19H14N6O4S. The molecule has 150 valence electrons. The zero-order chi connectivity index (χ0) is 21.1. The van der Waals surface area contributed by atoms with E-state index in [1.807, 2.05) is 0 Å². The molecule has 0 radical (unpaired) electrons. The molecule has 0 aliphatic rings. The first-order valence-corrected chi connectivity index (χ1v) is 9.47. The Morgan fingerprint density at radius 3 is 2.70 bits per heavy atom. The molecule has 3 N–H and O–H groups in total. The molecule has 4 rings (SSSR count). The van der Waals surface area contributed by atoms with Crippen LogP contribution in [-0.2, 0) is 16.0 Å². The molecule has 10 nitrogen and oxygen atoms in total. The van der Waals surface area contributed by atoms with E-state index in [9.17, 15) is 14.4 Å². The minimum Gasteiger partial charge on any atom is -0.446 e. The monoisotopic (exact) mass is 422 g/mol. The average Bonchev–Trinajstić information content (AvgIpc) is 3.41. The second kappa shape index (κ2) is 8.17. The summed E-state index contributed by atoms with van der Waals surface area (Å²) < 4.78 is 13.5. The number of hydrogen-bond acceptors (Lipinski definition) is 9. The minimum atomic E-state index is -1.21. The smallest absolute Gasteiger partial charge is 0.287 e. The van der Waals surface area contributed by atoms with Crippen LogP contribution in [0.25, 0.3) is 22.5 Å². The van der Waals surface area contributed by atoms with E-state index >= 15 is 0 Å². The first-order chi connectivity index (χ1) is 14.5. The number of nitrogens with two attached hydrogens (primary N) is 1. The fraction of sp³-hybridized carbons (Fsp3) is 0.105. The molecule has 1 atom stereocenters. The molecule has 0 fully saturated rings. The lowest BCUT2D eigenvalue weighted by molar-refractivity contribution is -0.137. The first-order valence-electron chi connectivity index (χ1n) is 8.74. The summed E-state index contributed by atoms with van der Waals surface area (Å²) in [5.74, 6) is -2.77. The van der Waals surface area contributed by atoms with Gasteiger partial charge in [0.2, 0.25) is 11.5 Å². The van der Waals surface area contributed by atoms with Crippen LogP contribution < -0.4 is 11.1 Å². The van der Waals surface area contributed by atoms with Gasteiger partial charge in [-0.3, -0.25) is 19.4 Å². The Labute approximate surface area is 173 Å². The third-order valence-corrected chi connectivity index (χ3v) is 4.86. The highest BCUT2D eigenvalue weighted by Gasteiger charge is 2.29. The molecule has 11 heteroatoms. The first kappa shape index (κ1) is 19.3. The van der Waals surface area contributed by atoms with E-state index in [-0.39, 0.29) is 17.8 Å². The minimum absolute atomic E-state index is 0.000288. The lowest BCUT2D eigenvalue weighted by atomic mass is 10.0. The zero-order valence-electron chi connectivity index (χ0n) is 15.3. The van der Waals surface area contributed by atoms with Gasteiger partial charge in [-0.2, -0.15) is 8.75 Å². The third kappa shape index (κ3) is 3.78. The number of primary amides is 1. The second-order valence-electron chi connectivity index (χ2n) is 6.25. The summed E-state index contributed by atoms with van der Waals surface area (Å²) in [5.41, 5.74) is 6.90. The van der Waals surface area contributed by atoms with Crippen molar-refractivity contribution in [1.82, 2.24) is 24.0 Å². The Morgan fingerprint density at radius 2 is 1.93 bits per heavy atom. The van der Waals surface area contributed by atoms with E-state index < -0.39 is 23.6 Å². The molecule has 0 aliphatic carbocycles. The lowest BCUT2D eigenvalue weighted by Crippen LogP contribution is -2.47. The number of pyridine rings is 2. The molecule has 4 aromatic heterocycles. The SMILES string of the molecule is NC(=O)C(=O)C(Cc1coc2ncccc12)NC(=O)c1nsnc1-c1ccccn1. The Hall–Kier alpha value is -3.99. The van der Waals surface area contributed by atoms with Crippen LogP contribution in [-0.4, -0.2) is 42.4 Å². The maximum atomic E-state index is 12.9. The van der Waals surface area contributed by atoms with Crippen LogP contribution in [0.15, 0.2) is 53.4 Å². The summed E-state index contributed by atoms with van der Waals surface area (Å²) in [4.78, 5) is 45.0. The van der Waals surface area contributed by atoms with Gasteiger partial charge >= 0.3 is 0 Å². The number of Topliss-reactive ketones (excluding diaryl/α,β-unsaturated/α-hetero) is 1. The molecule has 0 saturated carbocycles. The number of carbonyl (C=O) groups excluding carboxylic acids is 3. The summed E-state index contributed by atoms with van der Waals surface area (Å²) >= 11 is 0.838. The predicted molar refractivity (Wildman–Crippen MR) is 106 cm³/mol. The van der Waals surface area contributed by atoms with Gasteiger partial charge in [0, 0.05) is 29.8 Å². The van der Waals surface area contributed by atoms with E-state index in [1.165, 1.54) is 6.26 Å².